The fraction of sp³-hybridized carbons (Fsp3) is 0.318. The standard InChI is InChI=1S/C22H23N3O4S/c1-28-17-6-4-15(5-7-17)21(27)16-8-10-25(11-9-16)13-20(26)24-22-23-18(14-30-22)19-3-2-12-29-19/h2-7,12,14,16H,8-11,13H2,1H3,(H,23,24,26). The van der Waals surface area contributed by atoms with Gasteiger partial charge in [0.25, 0.3) is 0 Å². The Morgan fingerprint density at radius 3 is 2.67 bits per heavy atom. The van der Waals surface area contributed by atoms with Crippen molar-refractivity contribution in [2.75, 3.05) is 32.1 Å². The molecule has 0 bridgehead atoms. The molecule has 1 aliphatic heterocycles. The van der Waals surface area contributed by atoms with Crippen LogP contribution < -0.4 is 10.1 Å². The summed E-state index contributed by atoms with van der Waals surface area (Å²) in [5.41, 5.74) is 1.42. The number of hydrogen-bond acceptors (Lipinski definition) is 7. The maximum atomic E-state index is 12.7. The summed E-state index contributed by atoms with van der Waals surface area (Å²) in [5, 5.41) is 5.25. The number of hydrogen-bond donors (Lipinski definition) is 1. The lowest BCUT2D eigenvalue weighted by Crippen LogP contribution is -2.40. The molecule has 3 aromatic rings. The number of nitrogens with zero attached hydrogens (tertiary/aromatic N) is 2. The van der Waals surface area contributed by atoms with Crippen LogP contribution in [-0.2, 0) is 4.79 Å². The minimum atomic E-state index is -0.102. The van der Waals surface area contributed by atoms with Gasteiger partial charge < -0.3 is 14.5 Å². The van der Waals surface area contributed by atoms with Crippen molar-refractivity contribution >= 4 is 28.2 Å². The maximum Gasteiger partial charge on any atom is 0.240 e. The summed E-state index contributed by atoms with van der Waals surface area (Å²) < 4.78 is 10.5. The summed E-state index contributed by atoms with van der Waals surface area (Å²) >= 11 is 1.37. The Morgan fingerprint density at radius 2 is 2.00 bits per heavy atom. The molecule has 1 fully saturated rings. The maximum absolute atomic E-state index is 12.7. The smallest absolute Gasteiger partial charge is 0.240 e. The first-order valence-electron chi connectivity index (χ1n) is 9.82. The van der Waals surface area contributed by atoms with Gasteiger partial charge in [-0.25, -0.2) is 4.98 Å². The average molecular weight is 426 g/mol. The molecule has 8 heteroatoms. The van der Waals surface area contributed by atoms with Gasteiger partial charge in [-0.05, 0) is 62.3 Å². The lowest BCUT2D eigenvalue weighted by Gasteiger charge is -2.30. The normalized spacial score (nSPS) is 15.1. The molecular weight excluding hydrogens is 402 g/mol. The van der Waals surface area contributed by atoms with Crippen molar-refractivity contribution in [3.05, 3.63) is 53.6 Å². The third kappa shape index (κ3) is 4.77. The Labute approximate surface area is 178 Å². The Morgan fingerprint density at radius 1 is 1.23 bits per heavy atom. The van der Waals surface area contributed by atoms with Gasteiger partial charge in [0.05, 0.1) is 19.9 Å². The fourth-order valence-corrected chi connectivity index (χ4v) is 4.29. The monoisotopic (exact) mass is 425 g/mol. The Bertz CT molecular complexity index is 990. The van der Waals surface area contributed by atoms with Crippen LogP contribution in [0.3, 0.4) is 0 Å². The molecule has 1 aromatic carbocycles. The number of carbonyl (C=O) groups excluding carboxylic acids is 2. The zero-order chi connectivity index (χ0) is 20.9. The van der Waals surface area contributed by atoms with Crippen molar-refractivity contribution in [3.8, 4) is 17.2 Å². The van der Waals surface area contributed by atoms with E-state index in [1.807, 2.05) is 35.7 Å². The summed E-state index contributed by atoms with van der Waals surface area (Å²) in [6.45, 7) is 1.73. The second-order valence-electron chi connectivity index (χ2n) is 7.21. The van der Waals surface area contributed by atoms with Gasteiger partial charge in [-0.1, -0.05) is 0 Å². The molecule has 0 atom stereocenters. The molecule has 30 heavy (non-hydrogen) atoms. The highest BCUT2D eigenvalue weighted by molar-refractivity contribution is 7.14. The number of nitrogens with one attached hydrogen (secondary N) is 1. The van der Waals surface area contributed by atoms with Crippen LogP contribution in [0.2, 0.25) is 0 Å². The first-order valence-corrected chi connectivity index (χ1v) is 10.7. The predicted octanol–water partition coefficient (Wildman–Crippen LogP) is 3.95. The van der Waals surface area contributed by atoms with Crippen LogP contribution >= 0.6 is 11.3 Å². The Kier molecular flexibility index (Phi) is 6.25. The van der Waals surface area contributed by atoms with Gasteiger partial charge in [0.2, 0.25) is 5.91 Å². The number of Topliss-reactive ketones (excluding diaryl/α,β-unsaturated/α-hetero) is 1. The number of thiazole rings is 1. The summed E-state index contributed by atoms with van der Waals surface area (Å²) in [5.74, 6) is 1.47. The topological polar surface area (TPSA) is 84.7 Å². The predicted molar refractivity (Wildman–Crippen MR) is 115 cm³/mol. The molecule has 0 saturated carbocycles. The van der Waals surface area contributed by atoms with Gasteiger partial charge >= 0.3 is 0 Å². The number of rotatable bonds is 7. The first kappa shape index (κ1) is 20.3. The molecule has 1 saturated heterocycles. The van der Waals surface area contributed by atoms with Gasteiger partial charge in [-0.3, -0.25) is 14.5 Å². The van der Waals surface area contributed by atoms with E-state index in [4.69, 9.17) is 9.15 Å². The Balaban J connectivity index is 1.25. The summed E-state index contributed by atoms with van der Waals surface area (Å²) in [7, 11) is 1.61. The Hall–Kier alpha value is -2.97. The minimum Gasteiger partial charge on any atom is -0.497 e. The van der Waals surface area contributed by atoms with Gasteiger partial charge in [0.1, 0.15) is 11.4 Å². The number of methoxy groups -OCH3 is 1. The van der Waals surface area contributed by atoms with Crippen molar-refractivity contribution in [3.63, 3.8) is 0 Å². The number of anilines is 1. The van der Waals surface area contributed by atoms with Crippen LogP contribution in [0, 0.1) is 5.92 Å². The fourth-order valence-electron chi connectivity index (χ4n) is 3.57. The van der Waals surface area contributed by atoms with Crippen LogP contribution in [0.5, 0.6) is 5.75 Å². The van der Waals surface area contributed by atoms with Gasteiger partial charge in [-0.15, -0.1) is 11.3 Å². The molecule has 156 valence electrons. The molecule has 1 aliphatic rings. The molecule has 3 heterocycles. The molecule has 1 amide bonds. The van der Waals surface area contributed by atoms with Crippen LogP contribution in [0.25, 0.3) is 11.5 Å². The van der Waals surface area contributed by atoms with Crippen molar-refractivity contribution in [1.29, 1.82) is 0 Å². The number of benzene rings is 1. The number of ketones is 1. The van der Waals surface area contributed by atoms with Crippen molar-refractivity contribution in [2.24, 2.45) is 5.92 Å². The zero-order valence-corrected chi connectivity index (χ0v) is 17.5. The molecular formula is C22H23N3O4S. The van der Waals surface area contributed by atoms with Crippen LogP contribution in [0.15, 0.2) is 52.5 Å². The van der Waals surface area contributed by atoms with E-state index in [9.17, 15) is 9.59 Å². The molecule has 1 N–H and O–H groups in total. The first-order chi connectivity index (χ1) is 14.6. The number of ether oxygens (including phenoxy) is 1. The average Bonchev–Trinajstić information content (AvgIpc) is 3.46. The van der Waals surface area contributed by atoms with E-state index < -0.39 is 0 Å². The minimum absolute atomic E-state index is 0.00692. The number of piperidine rings is 1. The lowest BCUT2D eigenvalue weighted by molar-refractivity contribution is -0.117. The van der Waals surface area contributed by atoms with E-state index in [1.165, 1.54) is 11.3 Å². The number of amides is 1. The summed E-state index contributed by atoms with van der Waals surface area (Å²) in [6, 6.07) is 10.9. The molecule has 0 aliphatic carbocycles. The number of likely N-dealkylation sites (tertiary alicyclic amines) is 1. The quantitative estimate of drug-likeness (QED) is 0.577. The summed E-state index contributed by atoms with van der Waals surface area (Å²) in [4.78, 5) is 31.6. The number of carbonyl (C=O) groups is 2. The van der Waals surface area contributed by atoms with E-state index >= 15 is 0 Å². The van der Waals surface area contributed by atoms with Crippen molar-refractivity contribution in [2.45, 2.75) is 12.8 Å². The van der Waals surface area contributed by atoms with E-state index in [0.717, 1.165) is 31.7 Å². The van der Waals surface area contributed by atoms with E-state index in [0.29, 0.717) is 28.7 Å². The van der Waals surface area contributed by atoms with Crippen LogP contribution in [-0.4, -0.2) is 48.3 Å². The van der Waals surface area contributed by atoms with E-state index in [1.54, 1.807) is 19.4 Å². The summed E-state index contributed by atoms with van der Waals surface area (Å²) in [6.07, 6.45) is 3.09. The molecule has 7 nitrogen and oxygen atoms in total. The lowest BCUT2D eigenvalue weighted by atomic mass is 9.89. The number of furan rings is 1. The second-order valence-corrected chi connectivity index (χ2v) is 8.06. The van der Waals surface area contributed by atoms with Crippen LogP contribution in [0.4, 0.5) is 5.13 Å². The molecule has 2 aromatic heterocycles. The third-order valence-electron chi connectivity index (χ3n) is 5.22. The van der Waals surface area contributed by atoms with Crippen molar-refractivity contribution in [1.82, 2.24) is 9.88 Å². The van der Waals surface area contributed by atoms with Crippen LogP contribution in [0.1, 0.15) is 23.2 Å². The number of aromatic nitrogens is 1. The largest absolute Gasteiger partial charge is 0.497 e. The third-order valence-corrected chi connectivity index (χ3v) is 5.98. The molecule has 0 unspecified atom stereocenters. The molecule has 0 spiro atoms. The highest BCUT2D eigenvalue weighted by atomic mass is 32.1. The highest BCUT2D eigenvalue weighted by Gasteiger charge is 2.26. The zero-order valence-electron chi connectivity index (χ0n) is 16.7. The van der Waals surface area contributed by atoms with E-state index in [-0.39, 0.29) is 17.6 Å². The second kappa shape index (κ2) is 9.23. The van der Waals surface area contributed by atoms with E-state index in [2.05, 4.69) is 15.2 Å². The molecule has 0 radical (unpaired) electrons. The van der Waals surface area contributed by atoms with Gasteiger partial charge in [0, 0.05) is 16.9 Å². The van der Waals surface area contributed by atoms with Gasteiger partial charge in [0.15, 0.2) is 16.7 Å². The SMILES string of the molecule is COc1ccc(C(=O)C2CCN(CC(=O)Nc3nc(-c4ccco4)cs3)CC2)cc1. The molecule has 4 rings (SSSR count). The van der Waals surface area contributed by atoms with Crippen molar-refractivity contribution < 1.29 is 18.7 Å². The highest BCUT2D eigenvalue weighted by Crippen LogP contribution is 2.26. The van der Waals surface area contributed by atoms with Gasteiger partial charge in [-0.2, -0.15) is 0 Å².